The van der Waals surface area contributed by atoms with Crippen molar-refractivity contribution in [3.05, 3.63) is 83.7 Å². The fourth-order valence-electron chi connectivity index (χ4n) is 3.66. The van der Waals surface area contributed by atoms with E-state index in [0.717, 1.165) is 35.0 Å². The van der Waals surface area contributed by atoms with Crippen molar-refractivity contribution in [2.24, 2.45) is 5.92 Å². The number of halogens is 1. The number of hydrogen-bond acceptors (Lipinski definition) is 3. The lowest BCUT2D eigenvalue weighted by molar-refractivity contribution is 0.112. The van der Waals surface area contributed by atoms with E-state index in [1.165, 1.54) is 6.07 Å². The first kappa shape index (κ1) is 21.7. The zero-order valence-corrected chi connectivity index (χ0v) is 18.6. The third-order valence-electron chi connectivity index (χ3n) is 5.52. The van der Waals surface area contributed by atoms with Gasteiger partial charge in [-0.2, -0.15) is 0 Å². The molecule has 0 bridgehead atoms. The van der Waals surface area contributed by atoms with Crippen LogP contribution in [0.15, 0.2) is 66.7 Å². The van der Waals surface area contributed by atoms with E-state index in [1.54, 1.807) is 12.1 Å². The van der Waals surface area contributed by atoms with Gasteiger partial charge in [-0.15, -0.1) is 0 Å². The number of aryl methyl sites for hydroxylation is 1. The number of ether oxygens (including phenoxy) is 1. The molecule has 0 aliphatic heterocycles. The van der Waals surface area contributed by atoms with Gasteiger partial charge in [0.25, 0.3) is 0 Å². The van der Waals surface area contributed by atoms with Crippen LogP contribution < -0.4 is 4.74 Å². The van der Waals surface area contributed by atoms with Crippen molar-refractivity contribution in [2.45, 2.75) is 27.2 Å². The highest BCUT2D eigenvalue weighted by atomic mass is 19.1. The number of fused-ring (bicyclic) bond motifs is 1. The molecule has 0 saturated heterocycles. The van der Waals surface area contributed by atoms with E-state index in [9.17, 15) is 4.79 Å². The van der Waals surface area contributed by atoms with Gasteiger partial charge in [0, 0.05) is 22.1 Å². The summed E-state index contributed by atoms with van der Waals surface area (Å²) in [6.45, 7) is 6.96. The number of nitrogens with zero attached hydrogens (tertiary/aromatic N) is 1. The van der Waals surface area contributed by atoms with Crippen LogP contribution in [0.1, 0.15) is 36.2 Å². The molecule has 4 aromatic rings. The van der Waals surface area contributed by atoms with E-state index >= 15 is 4.39 Å². The van der Waals surface area contributed by atoms with Crippen LogP contribution in [0.3, 0.4) is 0 Å². The summed E-state index contributed by atoms with van der Waals surface area (Å²) in [6, 6.07) is 20.0. The van der Waals surface area contributed by atoms with Crippen LogP contribution in [0.2, 0.25) is 0 Å². The number of rotatable bonds is 7. The zero-order chi connectivity index (χ0) is 22.7. The molecular formula is C28H26FNO2. The Labute approximate surface area is 187 Å². The fraction of sp³-hybridized carbons (Fsp3) is 0.214. The number of carbonyl (C=O) groups excluding carboxylic acids is 1. The molecule has 0 aliphatic rings. The first-order chi connectivity index (χ1) is 15.4. The molecule has 0 fully saturated rings. The fourth-order valence-corrected chi connectivity index (χ4v) is 3.66. The lowest BCUT2D eigenvalue weighted by Crippen LogP contribution is -2.01. The van der Waals surface area contributed by atoms with Gasteiger partial charge in [-0.05, 0) is 61.2 Å². The first-order valence-electron chi connectivity index (χ1n) is 10.8. The van der Waals surface area contributed by atoms with Crippen molar-refractivity contribution in [1.82, 2.24) is 4.98 Å². The maximum absolute atomic E-state index is 15.0. The monoisotopic (exact) mass is 427 g/mol. The van der Waals surface area contributed by atoms with Gasteiger partial charge in [-0.3, -0.25) is 4.79 Å². The van der Waals surface area contributed by atoms with Gasteiger partial charge < -0.3 is 4.74 Å². The molecule has 4 heteroatoms. The van der Waals surface area contributed by atoms with Gasteiger partial charge in [-0.1, -0.05) is 49.7 Å². The Kier molecular flexibility index (Phi) is 6.31. The van der Waals surface area contributed by atoms with E-state index < -0.39 is 0 Å². The minimum Gasteiger partial charge on any atom is -0.494 e. The minimum absolute atomic E-state index is 0.338. The second kappa shape index (κ2) is 9.31. The smallest absolute Gasteiger partial charge is 0.150 e. The Bertz CT molecular complexity index is 1260. The number of pyridine rings is 1. The minimum atomic E-state index is -0.338. The summed E-state index contributed by atoms with van der Waals surface area (Å²) in [5.41, 5.74) is 4.81. The first-order valence-corrected chi connectivity index (χ1v) is 10.8. The number of aromatic nitrogens is 1. The molecule has 0 radical (unpaired) electrons. The summed E-state index contributed by atoms with van der Waals surface area (Å²) in [6.07, 6.45) is 1.81. The molecule has 0 N–H and O–H groups in total. The van der Waals surface area contributed by atoms with Gasteiger partial charge >= 0.3 is 0 Å². The Balaban J connectivity index is 1.61. The molecule has 0 aliphatic carbocycles. The molecular weight excluding hydrogens is 401 g/mol. The highest BCUT2D eigenvalue weighted by Gasteiger charge is 2.12. The van der Waals surface area contributed by atoms with E-state index in [2.05, 4.69) is 18.8 Å². The highest BCUT2D eigenvalue weighted by Crippen LogP contribution is 2.30. The molecule has 4 rings (SSSR count). The second-order valence-electron chi connectivity index (χ2n) is 8.49. The summed E-state index contributed by atoms with van der Waals surface area (Å²) in [5, 5.41) is 0.802. The van der Waals surface area contributed by atoms with Gasteiger partial charge in [0.05, 0.1) is 17.8 Å². The molecule has 3 aromatic carbocycles. The molecule has 3 nitrogen and oxygen atoms in total. The third kappa shape index (κ3) is 4.70. The number of benzene rings is 3. The Hall–Kier alpha value is -3.53. The van der Waals surface area contributed by atoms with Crippen LogP contribution in [0.5, 0.6) is 5.75 Å². The van der Waals surface area contributed by atoms with Crippen molar-refractivity contribution in [2.75, 3.05) is 6.61 Å². The molecule has 0 amide bonds. The van der Waals surface area contributed by atoms with E-state index in [-0.39, 0.29) is 5.82 Å². The van der Waals surface area contributed by atoms with Crippen LogP contribution in [0.25, 0.3) is 33.3 Å². The van der Waals surface area contributed by atoms with Crippen molar-refractivity contribution >= 4 is 17.2 Å². The predicted octanol–water partition coefficient (Wildman–Crippen LogP) is 7.25. The summed E-state index contributed by atoms with van der Waals surface area (Å²) in [5.74, 6) is 1.03. The molecule has 162 valence electrons. The number of carbonyl (C=O) groups is 1. The maximum atomic E-state index is 15.0. The van der Waals surface area contributed by atoms with Gasteiger partial charge in [0.15, 0.2) is 6.29 Å². The summed E-state index contributed by atoms with van der Waals surface area (Å²) in [7, 11) is 0. The van der Waals surface area contributed by atoms with Crippen LogP contribution in [-0.2, 0) is 0 Å². The average Bonchev–Trinajstić information content (AvgIpc) is 2.78. The average molecular weight is 428 g/mol. The predicted molar refractivity (Wildman–Crippen MR) is 128 cm³/mol. The lowest BCUT2D eigenvalue weighted by atomic mass is 10.00. The van der Waals surface area contributed by atoms with Crippen LogP contribution in [-0.4, -0.2) is 17.9 Å². The molecule has 32 heavy (non-hydrogen) atoms. The van der Waals surface area contributed by atoms with E-state index in [0.29, 0.717) is 40.4 Å². The topological polar surface area (TPSA) is 39.2 Å². The highest BCUT2D eigenvalue weighted by molar-refractivity contribution is 5.98. The maximum Gasteiger partial charge on any atom is 0.150 e. The van der Waals surface area contributed by atoms with Gasteiger partial charge in [0.2, 0.25) is 0 Å². The molecule has 1 heterocycles. The Morgan fingerprint density at radius 1 is 0.969 bits per heavy atom. The molecule has 0 saturated carbocycles. The van der Waals surface area contributed by atoms with Crippen LogP contribution >= 0.6 is 0 Å². The van der Waals surface area contributed by atoms with Crippen molar-refractivity contribution < 1.29 is 13.9 Å². The Morgan fingerprint density at radius 2 is 1.72 bits per heavy atom. The number of hydrogen-bond donors (Lipinski definition) is 0. The van der Waals surface area contributed by atoms with Crippen LogP contribution in [0.4, 0.5) is 4.39 Å². The van der Waals surface area contributed by atoms with E-state index in [1.807, 2.05) is 55.5 Å². The SMILES string of the molecule is Cc1ccc2nc(-c3ccc(-c4ccc(OCCC(C)C)cc4)c(F)c3)cc(C=O)c2c1. The third-order valence-corrected chi connectivity index (χ3v) is 5.52. The molecule has 0 atom stereocenters. The quantitative estimate of drug-likeness (QED) is 0.292. The van der Waals surface area contributed by atoms with Crippen molar-refractivity contribution in [3.63, 3.8) is 0 Å². The summed E-state index contributed by atoms with van der Waals surface area (Å²) < 4.78 is 20.8. The standard InChI is InChI=1S/C28H26FNO2/c1-18(2)12-13-32-23-8-5-20(6-9-23)24-10-7-21(15-26(24)29)28-16-22(17-31)25-14-19(3)4-11-27(25)30-28/h4-11,14-18H,12-13H2,1-3H3. The second-order valence-corrected chi connectivity index (χ2v) is 8.49. The molecule has 0 unspecified atom stereocenters. The summed E-state index contributed by atoms with van der Waals surface area (Å²) >= 11 is 0. The largest absolute Gasteiger partial charge is 0.494 e. The normalized spacial score (nSPS) is 11.2. The van der Waals surface area contributed by atoms with Gasteiger partial charge in [0.1, 0.15) is 11.6 Å². The van der Waals surface area contributed by atoms with Crippen LogP contribution in [0, 0.1) is 18.7 Å². The van der Waals surface area contributed by atoms with Crippen molar-refractivity contribution in [1.29, 1.82) is 0 Å². The zero-order valence-electron chi connectivity index (χ0n) is 18.6. The van der Waals surface area contributed by atoms with E-state index in [4.69, 9.17) is 4.74 Å². The molecule has 1 aromatic heterocycles. The Morgan fingerprint density at radius 3 is 2.41 bits per heavy atom. The van der Waals surface area contributed by atoms with Crippen molar-refractivity contribution in [3.8, 4) is 28.1 Å². The lowest BCUT2D eigenvalue weighted by Gasteiger charge is -2.11. The number of aldehydes is 1. The van der Waals surface area contributed by atoms with Gasteiger partial charge in [-0.25, -0.2) is 9.37 Å². The molecule has 0 spiro atoms. The summed E-state index contributed by atoms with van der Waals surface area (Å²) in [4.78, 5) is 16.3.